The molecule has 5 heteroatoms. The zero-order chi connectivity index (χ0) is 12.1. The molecule has 0 radical (unpaired) electrons. The topological polar surface area (TPSA) is 57.5 Å². The van der Waals surface area contributed by atoms with Gasteiger partial charge in [0, 0.05) is 10.6 Å². The molecule has 0 bridgehead atoms. The normalized spacial score (nSPS) is 12.8. The molecule has 0 aliphatic carbocycles. The summed E-state index contributed by atoms with van der Waals surface area (Å²) in [5.41, 5.74) is 0.421. The van der Waals surface area contributed by atoms with Crippen LogP contribution in [0.5, 0.6) is 0 Å². The summed E-state index contributed by atoms with van der Waals surface area (Å²) < 4.78 is 11.8. The van der Waals surface area contributed by atoms with E-state index in [1.807, 2.05) is 0 Å². The van der Waals surface area contributed by atoms with Gasteiger partial charge in [-0.25, -0.2) is 0 Å². The third-order valence-electron chi connectivity index (χ3n) is 2.32. The highest BCUT2D eigenvalue weighted by Crippen LogP contribution is 2.09. The molecule has 2 N–H and O–H groups in total. The summed E-state index contributed by atoms with van der Waals surface area (Å²) in [5, 5.41) is 17.8. The summed E-state index contributed by atoms with van der Waals surface area (Å²) in [6.45, 7) is 4.20. The first-order chi connectivity index (χ1) is 7.50. The largest absolute Gasteiger partial charge is 0.488 e. The van der Waals surface area contributed by atoms with Gasteiger partial charge in [-0.1, -0.05) is 26.0 Å². The minimum absolute atomic E-state index is 0.421. The number of hydrogen-bond acceptors (Lipinski definition) is 3. The second kappa shape index (κ2) is 6.18. The molecule has 0 saturated carbocycles. The fourth-order valence-corrected chi connectivity index (χ4v) is 2.61. The first-order valence-corrected chi connectivity index (χ1v) is 6.67. The predicted molar refractivity (Wildman–Crippen MR) is 67.0 cm³/mol. The standard InChI is InChI=1S/C11H17BO3S/c1-9(2)7-8-16(15)11-5-3-10(4-6-11)12(13)14/h3-6,9,13-14H,7-8H2,1-2H3/t16-/m1/s1. The van der Waals surface area contributed by atoms with Gasteiger partial charge in [-0.2, -0.15) is 0 Å². The van der Waals surface area contributed by atoms with E-state index >= 15 is 0 Å². The Kier molecular flexibility index (Phi) is 5.18. The van der Waals surface area contributed by atoms with Crippen LogP contribution in [-0.2, 0) is 10.8 Å². The summed E-state index contributed by atoms with van der Waals surface area (Å²) in [6.07, 6.45) is 0.928. The summed E-state index contributed by atoms with van der Waals surface area (Å²) in [6, 6.07) is 6.55. The highest BCUT2D eigenvalue weighted by Gasteiger charge is 2.11. The van der Waals surface area contributed by atoms with E-state index in [2.05, 4.69) is 13.8 Å². The fraction of sp³-hybridized carbons (Fsp3) is 0.455. The highest BCUT2D eigenvalue weighted by atomic mass is 32.2. The lowest BCUT2D eigenvalue weighted by atomic mass is 9.81. The van der Waals surface area contributed by atoms with Gasteiger partial charge in [0.05, 0.1) is 10.8 Å². The minimum Gasteiger partial charge on any atom is -0.423 e. The molecule has 88 valence electrons. The van der Waals surface area contributed by atoms with Gasteiger partial charge in [-0.3, -0.25) is 4.21 Å². The number of benzene rings is 1. The van der Waals surface area contributed by atoms with Crippen LogP contribution in [0.3, 0.4) is 0 Å². The monoisotopic (exact) mass is 240 g/mol. The molecule has 0 saturated heterocycles. The van der Waals surface area contributed by atoms with Crippen molar-refractivity contribution in [3.05, 3.63) is 24.3 Å². The minimum atomic E-state index is -1.46. The average Bonchev–Trinajstić information content (AvgIpc) is 2.26. The molecule has 1 rings (SSSR count). The van der Waals surface area contributed by atoms with Gasteiger partial charge in [-0.15, -0.1) is 0 Å². The lowest BCUT2D eigenvalue weighted by molar-refractivity contribution is 0.425. The Morgan fingerprint density at radius 2 is 1.81 bits per heavy atom. The van der Waals surface area contributed by atoms with Gasteiger partial charge in [-0.05, 0) is 29.9 Å². The van der Waals surface area contributed by atoms with Crippen molar-refractivity contribution in [3.63, 3.8) is 0 Å². The van der Waals surface area contributed by atoms with Crippen molar-refractivity contribution < 1.29 is 14.3 Å². The zero-order valence-corrected chi connectivity index (χ0v) is 10.4. The van der Waals surface area contributed by atoms with Crippen molar-refractivity contribution in [1.29, 1.82) is 0 Å². The lowest BCUT2D eigenvalue weighted by Crippen LogP contribution is -2.29. The van der Waals surface area contributed by atoms with Crippen molar-refractivity contribution in [2.24, 2.45) is 5.92 Å². The third-order valence-corrected chi connectivity index (χ3v) is 3.73. The first kappa shape index (κ1) is 13.4. The van der Waals surface area contributed by atoms with E-state index in [1.54, 1.807) is 24.3 Å². The summed E-state index contributed by atoms with van der Waals surface area (Å²) >= 11 is 0. The van der Waals surface area contributed by atoms with Gasteiger partial charge < -0.3 is 10.0 Å². The molecule has 0 aromatic heterocycles. The van der Waals surface area contributed by atoms with Crippen molar-refractivity contribution in [1.82, 2.24) is 0 Å². The SMILES string of the molecule is CC(C)CC[S@@](=O)c1ccc(B(O)O)cc1. The van der Waals surface area contributed by atoms with E-state index in [0.29, 0.717) is 17.1 Å². The van der Waals surface area contributed by atoms with Gasteiger partial charge >= 0.3 is 7.12 Å². The molecule has 3 nitrogen and oxygen atoms in total. The van der Waals surface area contributed by atoms with Crippen LogP contribution >= 0.6 is 0 Å². The van der Waals surface area contributed by atoms with Crippen LogP contribution in [0.25, 0.3) is 0 Å². The van der Waals surface area contributed by atoms with Crippen LogP contribution in [-0.4, -0.2) is 27.1 Å². The Hall–Kier alpha value is -0.645. The maximum atomic E-state index is 11.8. The maximum absolute atomic E-state index is 11.8. The molecular weight excluding hydrogens is 223 g/mol. The third kappa shape index (κ3) is 4.08. The summed E-state index contributed by atoms with van der Waals surface area (Å²) in [7, 11) is -2.45. The first-order valence-electron chi connectivity index (χ1n) is 5.35. The molecule has 0 spiro atoms. The van der Waals surface area contributed by atoms with Crippen LogP contribution in [0.15, 0.2) is 29.2 Å². The quantitative estimate of drug-likeness (QED) is 0.738. The highest BCUT2D eigenvalue weighted by molar-refractivity contribution is 7.85. The number of hydrogen-bond donors (Lipinski definition) is 2. The van der Waals surface area contributed by atoms with E-state index in [9.17, 15) is 4.21 Å². The van der Waals surface area contributed by atoms with Crippen molar-refractivity contribution in [3.8, 4) is 0 Å². The van der Waals surface area contributed by atoms with E-state index in [4.69, 9.17) is 10.0 Å². The van der Waals surface area contributed by atoms with Crippen LogP contribution in [0, 0.1) is 5.92 Å². The second-order valence-corrected chi connectivity index (χ2v) is 5.75. The molecule has 0 heterocycles. The molecule has 1 aromatic carbocycles. The Morgan fingerprint density at radius 3 is 2.25 bits per heavy atom. The maximum Gasteiger partial charge on any atom is 0.488 e. The molecule has 1 aromatic rings. The number of rotatable bonds is 5. The molecule has 1 atom stereocenters. The second-order valence-electron chi connectivity index (χ2n) is 4.17. The molecule has 16 heavy (non-hydrogen) atoms. The molecule has 0 amide bonds. The van der Waals surface area contributed by atoms with Gasteiger partial charge in [0.25, 0.3) is 0 Å². The molecule has 0 unspecified atom stereocenters. The van der Waals surface area contributed by atoms with Crippen LogP contribution in [0.1, 0.15) is 20.3 Å². The zero-order valence-electron chi connectivity index (χ0n) is 9.59. The molecule has 0 aliphatic heterocycles. The lowest BCUT2D eigenvalue weighted by Gasteiger charge is -2.05. The summed E-state index contributed by atoms with van der Waals surface area (Å²) in [5.74, 6) is 1.20. The van der Waals surface area contributed by atoms with Crippen LogP contribution in [0.4, 0.5) is 0 Å². The van der Waals surface area contributed by atoms with E-state index in [-0.39, 0.29) is 0 Å². The molecule has 0 fully saturated rings. The Bertz CT molecular complexity index is 349. The van der Waals surface area contributed by atoms with Crippen molar-refractivity contribution >= 4 is 23.4 Å². The van der Waals surface area contributed by atoms with E-state index < -0.39 is 17.9 Å². The Balaban J connectivity index is 2.63. The Labute approximate surface area is 99.1 Å². The molecular formula is C11H17BO3S. The average molecular weight is 240 g/mol. The van der Waals surface area contributed by atoms with E-state index in [1.165, 1.54) is 0 Å². The van der Waals surface area contributed by atoms with E-state index in [0.717, 1.165) is 11.3 Å². The smallest absolute Gasteiger partial charge is 0.423 e. The Morgan fingerprint density at radius 1 is 1.25 bits per heavy atom. The van der Waals surface area contributed by atoms with Crippen molar-refractivity contribution in [2.75, 3.05) is 5.75 Å². The fourth-order valence-electron chi connectivity index (χ4n) is 1.25. The predicted octanol–water partition coefficient (Wildman–Crippen LogP) is 0.520. The van der Waals surface area contributed by atoms with Gasteiger partial charge in [0.1, 0.15) is 0 Å². The summed E-state index contributed by atoms with van der Waals surface area (Å²) in [4.78, 5) is 0.741. The van der Waals surface area contributed by atoms with Gasteiger partial charge in [0.15, 0.2) is 0 Å². The van der Waals surface area contributed by atoms with Crippen molar-refractivity contribution in [2.45, 2.75) is 25.2 Å². The van der Waals surface area contributed by atoms with Gasteiger partial charge in [0.2, 0.25) is 0 Å². The molecule has 0 aliphatic rings. The van der Waals surface area contributed by atoms with Crippen LogP contribution in [0.2, 0.25) is 0 Å². The van der Waals surface area contributed by atoms with Crippen LogP contribution < -0.4 is 5.46 Å².